The zero-order valence-electron chi connectivity index (χ0n) is 26.6. The summed E-state index contributed by atoms with van der Waals surface area (Å²) in [6, 6.07) is 14.1. The van der Waals surface area contributed by atoms with Crippen LogP contribution in [0.1, 0.15) is 51.4 Å². The highest BCUT2D eigenvalue weighted by atomic mass is 16.2. The third-order valence-electron chi connectivity index (χ3n) is 8.65. The maximum atomic E-state index is 13.8. The molecule has 0 spiro atoms. The molecule has 2 aliphatic rings. The van der Waals surface area contributed by atoms with Crippen molar-refractivity contribution in [2.45, 2.75) is 77.0 Å². The van der Waals surface area contributed by atoms with Gasteiger partial charge in [0.2, 0.25) is 29.5 Å². The van der Waals surface area contributed by atoms with Crippen LogP contribution in [0.4, 0.5) is 0 Å². The molecule has 244 valence electrons. The van der Waals surface area contributed by atoms with Crippen LogP contribution in [-0.4, -0.2) is 93.1 Å². The van der Waals surface area contributed by atoms with E-state index in [9.17, 15) is 24.0 Å². The van der Waals surface area contributed by atoms with Crippen LogP contribution >= 0.6 is 0 Å². The van der Waals surface area contributed by atoms with E-state index in [1.165, 1.54) is 9.80 Å². The minimum atomic E-state index is -0.903. The molecular formula is C34H43N7O5. The standard InChI is InChI=1S/C34H43N7O5/c1-21(2)31-33(45)36-24(18-23-10-5-4-6-11-23)19-40(30(43)16-15-28-37-25-12-7-8-13-26(25)38-28)20-29(42)35-22(3)34(46)41-17-9-14-27(41)32(44)39-31/h4-8,10-13,21-22,24,27,31H,9,14-20H2,1-3H3,(H,35,42)(H,36,45)(H,37,38)(H,39,44)/t22-,24-,27+,31-/m0/s1. The lowest BCUT2D eigenvalue weighted by Crippen LogP contribution is -2.58. The molecule has 0 saturated carbocycles. The summed E-state index contributed by atoms with van der Waals surface area (Å²) in [5.74, 6) is -1.54. The van der Waals surface area contributed by atoms with Crippen molar-refractivity contribution < 1.29 is 24.0 Å². The lowest BCUT2D eigenvalue weighted by atomic mass is 10.00. The van der Waals surface area contributed by atoms with Crippen molar-refractivity contribution >= 4 is 40.6 Å². The Kier molecular flexibility index (Phi) is 10.3. The first-order chi connectivity index (χ1) is 22.1. The summed E-state index contributed by atoms with van der Waals surface area (Å²) in [4.78, 5) is 78.5. The summed E-state index contributed by atoms with van der Waals surface area (Å²) in [6.07, 6.45) is 1.90. The molecule has 5 rings (SSSR count). The molecule has 2 aromatic carbocycles. The van der Waals surface area contributed by atoms with E-state index in [-0.39, 0.29) is 43.1 Å². The Hall–Kier alpha value is -4.74. The number of hydrogen-bond acceptors (Lipinski definition) is 6. The Bertz CT molecular complexity index is 1540. The average molecular weight is 630 g/mol. The molecule has 2 aliphatic heterocycles. The van der Waals surface area contributed by atoms with Crippen molar-refractivity contribution in [3.05, 3.63) is 66.0 Å². The smallest absolute Gasteiger partial charge is 0.245 e. The number of para-hydroxylation sites is 2. The number of H-pyrrole nitrogens is 1. The van der Waals surface area contributed by atoms with Gasteiger partial charge >= 0.3 is 0 Å². The van der Waals surface area contributed by atoms with Gasteiger partial charge in [-0.15, -0.1) is 0 Å². The van der Waals surface area contributed by atoms with Crippen molar-refractivity contribution in [1.82, 2.24) is 35.7 Å². The minimum Gasteiger partial charge on any atom is -0.349 e. The lowest BCUT2D eigenvalue weighted by Gasteiger charge is -2.31. The normalized spacial score (nSPS) is 23.4. The van der Waals surface area contributed by atoms with E-state index >= 15 is 0 Å². The highest BCUT2D eigenvalue weighted by Crippen LogP contribution is 2.20. The van der Waals surface area contributed by atoms with Gasteiger partial charge in [0.25, 0.3) is 0 Å². The van der Waals surface area contributed by atoms with Gasteiger partial charge in [0, 0.05) is 25.9 Å². The third kappa shape index (κ3) is 7.91. The SMILES string of the molecule is CC(C)[C@@H]1NC(=O)[C@H]2CCCN2C(=O)[C@H](C)NC(=O)CN(C(=O)CCc2nc3ccccc3[nH]2)C[C@H](Cc2ccccc2)NC1=O. The number of nitrogens with one attached hydrogen (secondary N) is 4. The van der Waals surface area contributed by atoms with E-state index in [1.807, 2.05) is 68.4 Å². The van der Waals surface area contributed by atoms with Crippen LogP contribution in [0, 0.1) is 5.92 Å². The number of nitrogens with zero attached hydrogens (tertiary/aromatic N) is 3. The van der Waals surface area contributed by atoms with E-state index in [0.29, 0.717) is 38.1 Å². The number of aryl methyl sites for hydroxylation is 1. The number of rotatable bonds is 6. The molecule has 12 heteroatoms. The van der Waals surface area contributed by atoms with Crippen LogP contribution in [0.2, 0.25) is 0 Å². The first kappa shape index (κ1) is 32.6. The number of aromatic nitrogens is 2. The highest BCUT2D eigenvalue weighted by Gasteiger charge is 2.39. The summed E-state index contributed by atoms with van der Waals surface area (Å²) in [5, 5.41) is 8.71. The number of carbonyl (C=O) groups is 5. The number of aromatic amines is 1. The summed E-state index contributed by atoms with van der Waals surface area (Å²) in [7, 11) is 0. The van der Waals surface area contributed by atoms with Crippen molar-refractivity contribution in [1.29, 1.82) is 0 Å². The van der Waals surface area contributed by atoms with Gasteiger partial charge in [-0.1, -0.05) is 56.3 Å². The highest BCUT2D eigenvalue weighted by molar-refractivity contribution is 5.95. The molecule has 1 aromatic heterocycles. The molecule has 2 fully saturated rings. The zero-order chi connectivity index (χ0) is 32.8. The molecule has 0 aliphatic carbocycles. The van der Waals surface area contributed by atoms with E-state index in [0.717, 1.165) is 16.6 Å². The molecule has 3 heterocycles. The minimum absolute atomic E-state index is 0.0445. The monoisotopic (exact) mass is 629 g/mol. The second-order valence-electron chi connectivity index (χ2n) is 12.6. The number of amides is 5. The number of carbonyl (C=O) groups excluding carboxylic acids is 5. The Morgan fingerprint density at radius 1 is 0.957 bits per heavy atom. The van der Waals surface area contributed by atoms with Crippen LogP contribution in [0.3, 0.4) is 0 Å². The van der Waals surface area contributed by atoms with Gasteiger partial charge in [-0.25, -0.2) is 4.98 Å². The van der Waals surface area contributed by atoms with E-state index < -0.39 is 36.0 Å². The van der Waals surface area contributed by atoms with Crippen molar-refractivity contribution in [2.75, 3.05) is 19.6 Å². The second kappa shape index (κ2) is 14.6. The lowest BCUT2D eigenvalue weighted by molar-refractivity contribution is -0.142. The van der Waals surface area contributed by atoms with Crippen LogP contribution in [-0.2, 0) is 36.8 Å². The van der Waals surface area contributed by atoms with E-state index in [1.54, 1.807) is 6.92 Å². The van der Waals surface area contributed by atoms with Crippen molar-refractivity contribution in [3.63, 3.8) is 0 Å². The Morgan fingerprint density at radius 2 is 1.70 bits per heavy atom. The fourth-order valence-corrected chi connectivity index (χ4v) is 6.24. The number of fused-ring (bicyclic) bond motifs is 2. The summed E-state index contributed by atoms with van der Waals surface area (Å²) >= 11 is 0. The molecule has 3 aromatic rings. The quantitative estimate of drug-likeness (QED) is 0.325. The molecular weight excluding hydrogens is 586 g/mol. The maximum absolute atomic E-state index is 13.8. The summed E-state index contributed by atoms with van der Waals surface area (Å²) < 4.78 is 0. The van der Waals surface area contributed by atoms with Gasteiger partial charge in [0.15, 0.2) is 0 Å². The van der Waals surface area contributed by atoms with Crippen LogP contribution in [0.15, 0.2) is 54.6 Å². The molecule has 0 bridgehead atoms. The number of benzene rings is 2. The number of hydrogen-bond donors (Lipinski definition) is 4. The average Bonchev–Trinajstić information content (AvgIpc) is 3.69. The molecule has 12 nitrogen and oxygen atoms in total. The van der Waals surface area contributed by atoms with Gasteiger partial charge in [-0.3, -0.25) is 24.0 Å². The third-order valence-corrected chi connectivity index (χ3v) is 8.65. The summed E-state index contributed by atoms with van der Waals surface area (Å²) in [5.41, 5.74) is 2.61. The van der Waals surface area contributed by atoms with Gasteiger partial charge < -0.3 is 30.7 Å². The van der Waals surface area contributed by atoms with Crippen LogP contribution in [0.25, 0.3) is 11.0 Å². The molecule has 0 radical (unpaired) electrons. The molecule has 4 atom stereocenters. The Labute approximate surface area is 268 Å². The van der Waals surface area contributed by atoms with Crippen molar-refractivity contribution in [2.24, 2.45) is 5.92 Å². The Balaban J connectivity index is 1.43. The molecule has 5 amide bonds. The molecule has 46 heavy (non-hydrogen) atoms. The molecule has 4 N–H and O–H groups in total. The van der Waals surface area contributed by atoms with E-state index in [4.69, 9.17) is 0 Å². The predicted molar refractivity (Wildman–Crippen MR) is 172 cm³/mol. The zero-order valence-corrected chi connectivity index (χ0v) is 26.6. The second-order valence-corrected chi connectivity index (χ2v) is 12.6. The number of imidazole rings is 1. The van der Waals surface area contributed by atoms with Gasteiger partial charge in [0.1, 0.15) is 23.9 Å². The summed E-state index contributed by atoms with van der Waals surface area (Å²) in [6.45, 7) is 5.40. The van der Waals surface area contributed by atoms with E-state index in [2.05, 4.69) is 25.9 Å². The predicted octanol–water partition coefficient (Wildman–Crippen LogP) is 1.70. The van der Waals surface area contributed by atoms with Gasteiger partial charge in [-0.2, -0.15) is 0 Å². The van der Waals surface area contributed by atoms with Crippen LogP contribution in [0.5, 0.6) is 0 Å². The van der Waals surface area contributed by atoms with Gasteiger partial charge in [-0.05, 0) is 49.8 Å². The fraction of sp³-hybridized carbons (Fsp3) is 0.471. The first-order valence-electron chi connectivity index (χ1n) is 16.0. The first-order valence-corrected chi connectivity index (χ1v) is 16.0. The van der Waals surface area contributed by atoms with Crippen LogP contribution < -0.4 is 16.0 Å². The topological polar surface area (TPSA) is 157 Å². The largest absolute Gasteiger partial charge is 0.349 e. The fourth-order valence-electron chi connectivity index (χ4n) is 6.24. The molecule has 2 saturated heterocycles. The maximum Gasteiger partial charge on any atom is 0.245 e. The van der Waals surface area contributed by atoms with Gasteiger partial charge in [0.05, 0.1) is 23.6 Å². The molecule has 0 unspecified atom stereocenters. The Morgan fingerprint density at radius 3 is 2.43 bits per heavy atom. The van der Waals surface area contributed by atoms with Crippen molar-refractivity contribution in [3.8, 4) is 0 Å².